The van der Waals surface area contributed by atoms with Crippen LogP contribution >= 0.6 is 0 Å². The molecule has 0 unspecified atom stereocenters. The normalized spacial score (nSPS) is 14.5. The largest absolute Gasteiger partial charge is 0.488 e. The number of rotatable bonds is 3. The summed E-state index contributed by atoms with van der Waals surface area (Å²) in [5.41, 5.74) is 1.64. The van der Waals surface area contributed by atoms with Gasteiger partial charge in [0.15, 0.2) is 0 Å². The molecule has 0 bridgehead atoms. The zero-order valence-corrected chi connectivity index (χ0v) is 9.03. The Morgan fingerprint density at radius 2 is 2.13 bits per heavy atom. The maximum absolute atomic E-state index is 8.82. The molecule has 0 spiro atoms. The second kappa shape index (κ2) is 3.82. The lowest BCUT2D eigenvalue weighted by Gasteiger charge is -2.17. The third kappa shape index (κ3) is 2.21. The van der Waals surface area contributed by atoms with E-state index in [4.69, 9.17) is 10.00 Å². The fourth-order valence-corrected chi connectivity index (χ4v) is 1.40. The summed E-state index contributed by atoms with van der Waals surface area (Å²) in [6.07, 6.45) is 2.68. The van der Waals surface area contributed by atoms with E-state index in [2.05, 4.69) is 6.07 Å². The predicted octanol–water partition coefficient (Wildman–Crippen LogP) is 2.17. The van der Waals surface area contributed by atoms with Crippen LogP contribution in [-0.4, -0.2) is 20.2 Å². The third-order valence-electron chi connectivity index (χ3n) is 2.39. The maximum Gasteiger partial charge on any atom is 0.143 e. The van der Waals surface area contributed by atoms with Gasteiger partial charge in [-0.2, -0.15) is 5.26 Å². The highest BCUT2D eigenvalue weighted by atomic mass is 16.5. The highest BCUT2D eigenvalue weighted by Crippen LogP contribution is 2.33. The van der Waals surface area contributed by atoms with Gasteiger partial charge < -0.3 is 9.64 Å². The van der Waals surface area contributed by atoms with Gasteiger partial charge in [-0.25, -0.2) is 0 Å². The van der Waals surface area contributed by atoms with Gasteiger partial charge in [0.25, 0.3) is 0 Å². The van der Waals surface area contributed by atoms with Crippen molar-refractivity contribution in [3.05, 3.63) is 23.8 Å². The zero-order chi connectivity index (χ0) is 10.8. The summed E-state index contributed by atoms with van der Waals surface area (Å²) in [6.45, 7) is 0. The van der Waals surface area contributed by atoms with E-state index in [0.717, 1.165) is 24.3 Å². The van der Waals surface area contributed by atoms with E-state index in [1.807, 2.05) is 31.1 Å². The Balaban J connectivity index is 2.30. The topological polar surface area (TPSA) is 36.3 Å². The van der Waals surface area contributed by atoms with Crippen molar-refractivity contribution in [2.45, 2.75) is 18.9 Å². The molecule has 0 N–H and O–H groups in total. The number of benzene rings is 1. The highest BCUT2D eigenvalue weighted by Gasteiger charge is 2.24. The molecule has 1 aromatic rings. The number of hydrogen-bond donors (Lipinski definition) is 0. The predicted molar refractivity (Wildman–Crippen MR) is 59.1 cm³/mol. The molecule has 3 heteroatoms. The molecule has 0 aliphatic heterocycles. The lowest BCUT2D eigenvalue weighted by atomic mass is 10.2. The molecular weight excluding hydrogens is 188 g/mol. The van der Waals surface area contributed by atoms with Gasteiger partial charge in [-0.3, -0.25) is 0 Å². The molecule has 1 aliphatic rings. The van der Waals surface area contributed by atoms with Crippen LogP contribution in [0.3, 0.4) is 0 Å². The van der Waals surface area contributed by atoms with E-state index in [-0.39, 0.29) is 0 Å². The minimum absolute atomic E-state index is 0.386. The molecule has 0 aromatic heterocycles. The van der Waals surface area contributed by atoms with Gasteiger partial charge in [0.1, 0.15) is 5.75 Å². The van der Waals surface area contributed by atoms with Crippen LogP contribution in [0.5, 0.6) is 5.75 Å². The SMILES string of the molecule is CN(C)c1cc(C#N)ccc1OC1CC1. The van der Waals surface area contributed by atoms with Gasteiger partial charge >= 0.3 is 0 Å². The number of ether oxygens (including phenoxy) is 1. The Labute approximate surface area is 89.9 Å². The first-order valence-corrected chi connectivity index (χ1v) is 5.09. The molecule has 1 aliphatic carbocycles. The van der Waals surface area contributed by atoms with Crippen LogP contribution in [0.25, 0.3) is 0 Å². The lowest BCUT2D eigenvalue weighted by molar-refractivity contribution is 0.304. The molecule has 78 valence electrons. The van der Waals surface area contributed by atoms with Crippen LogP contribution in [0.1, 0.15) is 18.4 Å². The Morgan fingerprint density at radius 3 is 2.67 bits per heavy atom. The summed E-state index contributed by atoms with van der Waals surface area (Å²) in [7, 11) is 3.91. The molecule has 0 atom stereocenters. The van der Waals surface area contributed by atoms with Crippen LogP contribution in [-0.2, 0) is 0 Å². The Kier molecular flexibility index (Phi) is 2.51. The van der Waals surface area contributed by atoms with Crippen molar-refractivity contribution in [1.29, 1.82) is 5.26 Å². The number of nitriles is 1. The number of hydrogen-bond acceptors (Lipinski definition) is 3. The lowest BCUT2D eigenvalue weighted by Crippen LogP contribution is -2.11. The van der Waals surface area contributed by atoms with Crippen molar-refractivity contribution in [2.75, 3.05) is 19.0 Å². The summed E-state index contributed by atoms with van der Waals surface area (Å²) >= 11 is 0. The molecule has 0 radical (unpaired) electrons. The molecule has 1 fully saturated rings. The molecule has 0 saturated heterocycles. The third-order valence-corrected chi connectivity index (χ3v) is 2.39. The van der Waals surface area contributed by atoms with Gasteiger partial charge in [-0.15, -0.1) is 0 Å². The van der Waals surface area contributed by atoms with Crippen LogP contribution in [0, 0.1) is 11.3 Å². The van der Waals surface area contributed by atoms with Crippen molar-refractivity contribution in [3.63, 3.8) is 0 Å². The Morgan fingerprint density at radius 1 is 1.40 bits per heavy atom. The summed E-state index contributed by atoms with van der Waals surface area (Å²) in [5.74, 6) is 0.876. The highest BCUT2D eigenvalue weighted by molar-refractivity contribution is 5.61. The monoisotopic (exact) mass is 202 g/mol. The van der Waals surface area contributed by atoms with Crippen molar-refractivity contribution >= 4 is 5.69 Å². The molecule has 2 rings (SSSR count). The standard InChI is InChI=1S/C12H14N2O/c1-14(2)11-7-9(8-13)3-6-12(11)15-10-4-5-10/h3,6-7,10H,4-5H2,1-2H3. The maximum atomic E-state index is 8.82. The van der Waals surface area contributed by atoms with Crippen LogP contribution in [0.15, 0.2) is 18.2 Å². The fraction of sp³-hybridized carbons (Fsp3) is 0.417. The number of nitrogens with zero attached hydrogens (tertiary/aromatic N) is 2. The molecular formula is C12H14N2O. The van der Waals surface area contributed by atoms with Gasteiger partial charge in [0.2, 0.25) is 0 Å². The van der Waals surface area contributed by atoms with Gasteiger partial charge in [0, 0.05) is 14.1 Å². The Hall–Kier alpha value is -1.69. The average molecular weight is 202 g/mol. The molecule has 1 aromatic carbocycles. The van der Waals surface area contributed by atoms with E-state index in [9.17, 15) is 0 Å². The molecule has 0 heterocycles. The van der Waals surface area contributed by atoms with Crippen LogP contribution in [0.4, 0.5) is 5.69 Å². The molecule has 3 nitrogen and oxygen atoms in total. The zero-order valence-electron chi connectivity index (χ0n) is 9.03. The van der Waals surface area contributed by atoms with Crippen molar-refractivity contribution in [3.8, 4) is 11.8 Å². The van der Waals surface area contributed by atoms with Gasteiger partial charge in [0.05, 0.1) is 23.4 Å². The van der Waals surface area contributed by atoms with E-state index < -0.39 is 0 Å². The van der Waals surface area contributed by atoms with Crippen molar-refractivity contribution < 1.29 is 4.74 Å². The second-order valence-corrected chi connectivity index (χ2v) is 4.01. The molecule has 1 saturated carbocycles. The van der Waals surface area contributed by atoms with E-state index in [1.165, 1.54) is 0 Å². The first-order valence-electron chi connectivity index (χ1n) is 5.09. The molecule has 15 heavy (non-hydrogen) atoms. The number of anilines is 1. The first kappa shape index (κ1) is 9.85. The quantitative estimate of drug-likeness (QED) is 0.753. The summed E-state index contributed by atoms with van der Waals surface area (Å²) in [4.78, 5) is 1.97. The summed E-state index contributed by atoms with van der Waals surface area (Å²) in [5, 5.41) is 8.82. The van der Waals surface area contributed by atoms with Gasteiger partial charge in [-0.1, -0.05) is 0 Å². The second-order valence-electron chi connectivity index (χ2n) is 4.01. The molecule has 0 amide bonds. The minimum atomic E-state index is 0.386. The summed E-state index contributed by atoms with van der Waals surface area (Å²) in [6, 6.07) is 7.67. The smallest absolute Gasteiger partial charge is 0.143 e. The minimum Gasteiger partial charge on any atom is -0.488 e. The van der Waals surface area contributed by atoms with E-state index in [0.29, 0.717) is 11.7 Å². The Bertz CT molecular complexity index is 403. The van der Waals surface area contributed by atoms with E-state index in [1.54, 1.807) is 6.07 Å². The van der Waals surface area contributed by atoms with Crippen molar-refractivity contribution in [2.24, 2.45) is 0 Å². The van der Waals surface area contributed by atoms with E-state index >= 15 is 0 Å². The van der Waals surface area contributed by atoms with Crippen LogP contribution in [0.2, 0.25) is 0 Å². The first-order chi connectivity index (χ1) is 7.20. The summed E-state index contributed by atoms with van der Waals surface area (Å²) < 4.78 is 5.77. The average Bonchev–Trinajstić information content (AvgIpc) is 3.02. The van der Waals surface area contributed by atoms with Gasteiger partial charge in [-0.05, 0) is 31.0 Å². The fourth-order valence-electron chi connectivity index (χ4n) is 1.40. The van der Waals surface area contributed by atoms with Crippen LogP contribution < -0.4 is 9.64 Å². The van der Waals surface area contributed by atoms with Crippen molar-refractivity contribution in [1.82, 2.24) is 0 Å².